The lowest BCUT2D eigenvalue weighted by molar-refractivity contribution is -0.121. The van der Waals surface area contributed by atoms with Crippen LogP contribution in [-0.2, 0) is 26.0 Å². The van der Waals surface area contributed by atoms with E-state index in [2.05, 4.69) is 17.0 Å². The van der Waals surface area contributed by atoms with Gasteiger partial charge in [-0.1, -0.05) is 31.5 Å². The number of hydrogen-bond donors (Lipinski definition) is 2. The topological polar surface area (TPSA) is 105 Å². The molecule has 9 heteroatoms. The number of ether oxygens (including phenoxy) is 1. The van der Waals surface area contributed by atoms with E-state index in [1.807, 2.05) is 12.1 Å². The van der Waals surface area contributed by atoms with Crippen LogP contribution in [0.2, 0.25) is 0 Å². The molecule has 0 bridgehead atoms. The van der Waals surface area contributed by atoms with Gasteiger partial charge >= 0.3 is 0 Å². The fourth-order valence-electron chi connectivity index (χ4n) is 3.33. The van der Waals surface area contributed by atoms with Gasteiger partial charge in [-0.25, -0.2) is 8.42 Å². The largest absolute Gasteiger partial charge is 0.385 e. The van der Waals surface area contributed by atoms with Crippen LogP contribution >= 0.6 is 0 Å². The van der Waals surface area contributed by atoms with Gasteiger partial charge in [0.15, 0.2) is 0 Å². The first kappa shape index (κ1) is 27.3. The van der Waals surface area contributed by atoms with Gasteiger partial charge in [-0.05, 0) is 61.6 Å². The number of sulfonamides is 1. The predicted octanol–water partition coefficient (Wildman–Crippen LogP) is 3.36. The highest BCUT2D eigenvalue weighted by atomic mass is 32.2. The number of unbranched alkanes of at least 4 members (excludes halogenated alkanes) is 1. The van der Waals surface area contributed by atoms with Gasteiger partial charge in [0.2, 0.25) is 5.91 Å². The van der Waals surface area contributed by atoms with E-state index < -0.39 is 15.9 Å². The number of carbonyl (C=O) groups excluding carboxylic acids is 2. The van der Waals surface area contributed by atoms with Crippen LogP contribution in [0.3, 0.4) is 0 Å². The quantitative estimate of drug-likeness (QED) is 0.420. The van der Waals surface area contributed by atoms with Crippen LogP contribution in [-0.4, -0.2) is 59.0 Å². The number of benzene rings is 2. The van der Waals surface area contributed by atoms with Gasteiger partial charge in [0.05, 0.1) is 11.4 Å². The molecule has 0 aliphatic rings. The molecule has 0 aliphatic heterocycles. The summed E-state index contributed by atoms with van der Waals surface area (Å²) >= 11 is 0. The van der Waals surface area contributed by atoms with Crippen LogP contribution in [0.25, 0.3) is 0 Å². The molecule has 0 aliphatic carbocycles. The highest BCUT2D eigenvalue weighted by Gasteiger charge is 2.21. The van der Waals surface area contributed by atoms with Crippen LogP contribution in [0.1, 0.15) is 47.7 Å². The van der Waals surface area contributed by atoms with Crippen LogP contribution in [0.4, 0.5) is 5.69 Å². The molecule has 2 aromatic carbocycles. The van der Waals surface area contributed by atoms with Crippen molar-refractivity contribution in [1.29, 1.82) is 0 Å². The summed E-state index contributed by atoms with van der Waals surface area (Å²) in [6, 6.07) is 11.7. The number of hydrogen-bond acceptors (Lipinski definition) is 5. The lowest BCUT2D eigenvalue weighted by atomic mass is 10.1. The summed E-state index contributed by atoms with van der Waals surface area (Å²) in [7, 11) is -0.796. The van der Waals surface area contributed by atoms with E-state index in [9.17, 15) is 18.0 Å². The fraction of sp³-hybridized carbons (Fsp3) is 0.440. The van der Waals surface area contributed by atoms with Crippen molar-refractivity contribution in [2.24, 2.45) is 0 Å². The summed E-state index contributed by atoms with van der Waals surface area (Å²) in [5.74, 6) is -0.723. The molecule has 0 spiro atoms. The Labute approximate surface area is 202 Å². The van der Waals surface area contributed by atoms with E-state index in [-0.39, 0.29) is 22.9 Å². The van der Waals surface area contributed by atoms with E-state index in [0.29, 0.717) is 30.8 Å². The van der Waals surface area contributed by atoms with Crippen molar-refractivity contribution in [2.75, 3.05) is 38.6 Å². The Morgan fingerprint density at radius 2 is 1.76 bits per heavy atom. The monoisotopic (exact) mass is 489 g/mol. The minimum Gasteiger partial charge on any atom is -0.385 e. The van der Waals surface area contributed by atoms with Gasteiger partial charge in [-0.2, -0.15) is 0 Å². The minimum atomic E-state index is -3.89. The van der Waals surface area contributed by atoms with Crippen LogP contribution < -0.4 is 10.0 Å². The number of amides is 2. The number of likely N-dealkylation sites (N-methyl/N-ethyl adjacent to an activating group) is 1. The maximum absolute atomic E-state index is 13.0. The zero-order valence-electron chi connectivity index (χ0n) is 20.4. The van der Waals surface area contributed by atoms with Gasteiger partial charge in [0.25, 0.3) is 15.9 Å². The molecule has 2 aromatic rings. The summed E-state index contributed by atoms with van der Waals surface area (Å²) in [6.07, 6.45) is 3.80. The van der Waals surface area contributed by atoms with Crippen molar-refractivity contribution in [1.82, 2.24) is 10.2 Å². The van der Waals surface area contributed by atoms with Crippen molar-refractivity contribution >= 4 is 27.5 Å². The van der Waals surface area contributed by atoms with E-state index in [4.69, 9.17) is 4.74 Å². The Morgan fingerprint density at radius 3 is 2.41 bits per heavy atom. The number of methoxy groups -OCH3 is 1. The standard InChI is InChI=1S/C25H35N3O5S/c1-5-6-8-20-10-12-21(13-11-20)27-34(31,32)22-14-9-19(2)23(17-22)25(30)28(3)18-24(29)26-15-7-16-33-4/h9-14,17,27H,5-8,15-16,18H2,1-4H3,(H,26,29). The molecule has 0 saturated carbocycles. The predicted molar refractivity (Wildman–Crippen MR) is 134 cm³/mol. The molecule has 0 atom stereocenters. The first-order valence-corrected chi connectivity index (χ1v) is 12.9. The molecule has 0 radical (unpaired) electrons. The molecule has 186 valence electrons. The SMILES string of the molecule is CCCCc1ccc(NS(=O)(=O)c2ccc(C)c(C(=O)N(C)CC(=O)NCCCOC)c2)cc1. The molecule has 0 aromatic heterocycles. The van der Waals surface area contributed by atoms with Crippen LogP contribution in [0, 0.1) is 6.92 Å². The van der Waals surface area contributed by atoms with Crippen molar-refractivity contribution in [3.05, 3.63) is 59.2 Å². The second-order valence-electron chi connectivity index (χ2n) is 8.24. The molecule has 2 amide bonds. The van der Waals surface area contributed by atoms with Crippen LogP contribution in [0.5, 0.6) is 0 Å². The van der Waals surface area contributed by atoms with Crippen LogP contribution in [0.15, 0.2) is 47.4 Å². The third-order valence-electron chi connectivity index (χ3n) is 5.35. The third-order valence-corrected chi connectivity index (χ3v) is 6.73. The number of rotatable bonds is 13. The van der Waals surface area contributed by atoms with E-state index in [1.165, 1.54) is 24.1 Å². The molecule has 0 fully saturated rings. The van der Waals surface area contributed by atoms with Gasteiger partial charge in [-0.3, -0.25) is 14.3 Å². The van der Waals surface area contributed by atoms with Crippen molar-refractivity contribution < 1.29 is 22.7 Å². The summed E-state index contributed by atoms with van der Waals surface area (Å²) in [4.78, 5) is 26.3. The maximum atomic E-state index is 13.0. The second-order valence-corrected chi connectivity index (χ2v) is 9.92. The zero-order valence-corrected chi connectivity index (χ0v) is 21.2. The average molecular weight is 490 g/mol. The van der Waals surface area contributed by atoms with Crippen molar-refractivity contribution in [3.8, 4) is 0 Å². The smallest absolute Gasteiger partial charge is 0.261 e. The van der Waals surface area contributed by atoms with Crippen molar-refractivity contribution in [3.63, 3.8) is 0 Å². The third kappa shape index (κ3) is 8.14. The average Bonchev–Trinajstić information content (AvgIpc) is 2.81. The molecule has 0 unspecified atom stereocenters. The Bertz CT molecular complexity index is 1070. The summed E-state index contributed by atoms with van der Waals surface area (Å²) in [5.41, 5.74) is 2.46. The van der Waals surface area contributed by atoms with E-state index in [1.54, 1.807) is 32.2 Å². The summed E-state index contributed by atoms with van der Waals surface area (Å²) < 4.78 is 33.4. The second kappa shape index (κ2) is 13.1. The van der Waals surface area contributed by atoms with E-state index >= 15 is 0 Å². The van der Waals surface area contributed by atoms with Crippen molar-refractivity contribution in [2.45, 2.75) is 44.4 Å². The van der Waals surface area contributed by atoms with E-state index in [0.717, 1.165) is 24.8 Å². The normalized spacial score (nSPS) is 11.2. The Kier molecular flexibility index (Phi) is 10.5. The molecule has 34 heavy (non-hydrogen) atoms. The summed E-state index contributed by atoms with van der Waals surface area (Å²) in [5, 5.41) is 2.73. The molecular weight excluding hydrogens is 454 g/mol. The number of aryl methyl sites for hydroxylation is 2. The number of anilines is 1. The zero-order chi connectivity index (χ0) is 25.1. The Hall–Kier alpha value is -2.91. The van der Waals surface area contributed by atoms with Gasteiger partial charge < -0.3 is 15.0 Å². The minimum absolute atomic E-state index is 0.0195. The Morgan fingerprint density at radius 1 is 1.06 bits per heavy atom. The van der Waals surface area contributed by atoms with Gasteiger partial charge in [0.1, 0.15) is 0 Å². The molecule has 0 saturated heterocycles. The Balaban J connectivity index is 2.10. The first-order valence-electron chi connectivity index (χ1n) is 11.4. The summed E-state index contributed by atoms with van der Waals surface area (Å²) in [6.45, 7) is 4.70. The highest BCUT2D eigenvalue weighted by Crippen LogP contribution is 2.21. The molecule has 8 nitrogen and oxygen atoms in total. The molecular formula is C25H35N3O5S. The number of nitrogens with zero attached hydrogens (tertiary/aromatic N) is 1. The van der Waals surface area contributed by atoms with Gasteiger partial charge in [0, 0.05) is 38.6 Å². The number of carbonyl (C=O) groups is 2. The maximum Gasteiger partial charge on any atom is 0.261 e. The molecule has 2 N–H and O–H groups in total. The van der Waals surface area contributed by atoms with Gasteiger partial charge in [-0.15, -0.1) is 0 Å². The number of nitrogens with one attached hydrogen (secondary N) is 2. The lowest BCUT2D eigenvalue weighted by Crippen LogP contribution is -2.39. The highest BCUT2D eigenvalue weighted by molar-refractivity contribution is 7.92. The molecule has 2 rings (SSSR count). The molecule has 0 heterocycles. The fourth-order valence-corrected chi connectivity index (χ4v) is 4.41. The lowest BCUT2D eigenvalue weighted by Gasteiger charge is -2.19. The first-order chi connectivity index (χ1) is 16.2.